The molecule has 0 saturated heterocycles. The molecule has 2 heteroatoms. The van der Waals surface area contributed by atoms with Crippen molar-refractivity contribution in [2.45, 2.75) is 31.7 Å². The van der Waals surface area contributed by atoms with Gasteiger partial charge in [-0.25, -0.2) is 0 Å². The first kappa shape index (κ1) is 7.56. The number of nitrogens with two attached hydrogens (primary N) is 1. The zero-order chi connectivity index (χ0) is 4.41. The smallest absolute Gasteiger partial charge is 1.00 e. The third-order valence-corrected chi connectivity index (χ3v) is 1.40. The molecular weight excluding hydrogens is 81.0 g/mol. The second-order valence-electron chi connectivity index (χ2n) is 2.04. The van der Waals surface area contributed by atoms with Crippen molar-refractivity contribution in [1.29, 1.82) is 0 Å². The maximum atomic E-state index is 5.53. The molecule has 1 nitrogen and oxygen atoms in total. The van der Waals surface area contributed by atoms with Gasteiger partial charge in [0.05, 0.1) is 0 Å². The summed E-state index contributed by atoms with van der Waals surface area (Å²) in [4.78, 5) is 0. The predicted molar refractivity (Wildman–Crippen MR) is 27.6 cm³/mol. The van der Waals surface area contributed by atoms with E-state index in [2.05, 4.69) is 0 Å². The van der Waals surface area contributed by atoms with E-state index in [1.54, 1.807) is 0 Å². The average molecular weight is 93.1 g/mol. The van der Waals surface area contributed by atoms with Gasteiger partial charge in [0.1, 0.15) is 0 Å². The Morgan fingerprint density at radius 2 is 1.71 bits per heavy atom. The maximum absolute atomic E-state index is 5.53. The third kappa shape index (κ3) is 2.38. The Morgan fingerprint density at radius 3 is 1.86 bits per heavy atom. The second-order valence-corrected chi connectivity index (χ2v) is 2.04. The van der Waals surface area contributed by atoms with Gasteiger partial charge in [0, 0.05) is 6.04 Å². The van der Waals surface area contributed by atoms with Crippen LogP contribution in [0.1, 0.15) is 27.1 Å². The Kier molecular flexibility index (Phi) is 3.83. The van der Waals surface area contributed by atoms with Gasteiger partial charge in [-0.1, -0.05) is 12.8 Å². The van der Waals surface area contributed by atoms with Gasteiger partial charge in [-0.15, -0.1) is 0 Å². The molecule has 2 N–H and O–H groups in total. The van der Waals surface area contributed by atoms with Gasteiger partial charge in [0.25, 0.3) is 0 Å². The summed E-state index contributed by atoms with van der Waals surface area (Å²) in [6.07, 6.45) is 5.25. The first-order valence-corrected chi connectivity index (χ1v) is 2.65. The van der Waals surface area contributed by atoms with Gasteiger partial charge >= 0.3 is 18.9 Å². The van der Waals surface area contributed by atoms with Crippen LogP contribution in [0.2, 0.25) is 0 Å². The molecule has 0 aromatic rings. The van der Waals surface area contributed by atoms with Crippen molar-refractivity contribution in [3.8, 4) is 0 Å². The summed E-state index contributed by atoms with van der Waals surface area (Å²) < 4.78 is 0. The molecule has 0 heterocycles. The zero-order valence-electron chi connectivity index (χ0n) is 5.98. The van der Waals surface area contributed by atoms with Crippen molar-refractivity contribution < 1.29 is 20.3 Å². The van der Waals surface area contributed by atoms with Gasteiger partial charge in [-0.3, -0.25) is 0 Å². The molecule has 0 bridgehead atoms. The monoisotopic (exact) mass is 93.1 g/mol. The minimum absolute atomic E-state index is 0. The molecule has 0 aliphatic heterocycles. The molecule has 1 fully saturated rings. The van der Waals surface area contributed by atoms with Gasteiger partial charge in [0.15, 0.2) is 0 Å². The molecule has 1 aliphatic rings. The number of rotatable bonds is 0. The van der Waals surface area contributed by atoms with E-state index in [4.69, 9.17) is 5.73 Å². The van der Waals surface area contributed by atoms with E-state index in [9.17, 15) is 0 Å². The van der Waals surface area contributed by atoms with Crippen LogP contribution in [-0.4, -0.2) is 6.04 Å². The van der Waals surface area contributed by atoms with Crippen LogP contribution in [-0.2, 0) is 0 Å². The van der Waals surface area contributed by atoms with E-state index in [1.165, 1.54) is 25.7 Å². The summed E-state index contributed by atoms with van der Waals surface area (Å²) in [6, 6.07) is 0.546. The van der Waals surface area contributed by atoms with Crippen molar-refractivity contribution in [3.05, 3.63) is 0 Å². The van der Waals surface area contributed by atoms with E-state index in [-0.39, 0.29) is 20.3 Å². The van der Waals surface area contributed by atoms with E-state index in [0.29, 0.717) is 6.04 Å². The number of hydrogen-bond acceptors (Lipinski definition) is 1. The van der Waals surface area contributed by atoms with Crippen LogP contribution in [0.3, 0.4) is 0 Å². The average Bonchev–Trinajstić information content (AvgIpc) is 1.86. The Bertz CT molecular complexity index is 45.7. The summed E-state index contributed by atoms with van der Waals surface area (Å²) in [5, 5.41) is 0. The minimum Gasteiger partial charge on any atom is -1.00 e. The maximum Gasteiger partial charge on any atom is 1.00 e. The topological polar surface area (TPSA) is 26.0 Å². The molecule has 38 valence electrons. The molecule has 1 saturated carbocycles. The van der Waals surface area contributed by atoms with E-state index in [0.717, 1.165) is 0 Å². The Hall–Kier alpha value is 0.557. The van der Waals surface area contributed by atoms with Gasteiger partial charge < -0.3 is 7.16 Å². The van der Waals surface area contributed by atoms with Crippen LogP contribution in [0.15, 0.2) is 0 Å². The summed E-state index contributed by atoms with van der Waals surface area (Å²) in [6.45, 7) is 0. The largest absolute Gasteiger partial charge is 1.00 e. The fraction of sp³-hybridized carbons (Fsp3) is 1.00. The predicted octanol–water partition coefficient (Wildman–Crippen LogP) is -2.00. The summed E-state index contributed by atoms with van der Waals surface area (Å²) in [7, 11) is 0. The Balaban J connectivity index is 0. The van der Waals surface area contributed by atoms with Gasteiger partial charge in [-0.2, -0.15) is 0 Å². The standard InChI is InChI=1S/C5H11N.Li.H/c6-5-3-1-2-4-5;;/h5H,1-4,6H2;;/q;+1;-1. The number of hydrogen-bond donors (Lipinski definition) is 1. The third-order valence-electron chi connectivity index (χ3n) is 1.40. The van der Waals surface area contributed by atoms with Crippen LogP contribution in [0.5, 0.6) is 0 Å². The van der Waals surface area contributed by atoms with Crippen LogP contribution in [0.25, 0.3) is 0 Å². The van der Waals surface area contributed by atoms with E-state index < -0.39 is 0 Å². The fourth-order valence-corrected chi connectivity index (χ4v) is 0.957. The molecule has 0 aromatic carbocycles. The van der Waals surface area contributed by atoms with Crippen molar-refractivity contribution in [2.24, 2.45) is 5.73 Å². The van der Waals surface area contributed by atoms with Gasteiger partial charge in [-0.05, 0) is 12.8 Å². The van der Waals surface area contributed by atoms with Crippen molar-refractivity contribution >= 4 is 0 Å². The van der Waals surface area contributed by atoms with Crippen molar-refractivity contribution in [1.82, 2.24) is 0 Å². The fourth-order valence-electron chi connectivity index (χ4n) is 0.957. The van der Waals surface area contributed by atoms with Crippen LogP contribution < -0.4 is 24.6 Å². The van der Waals surface area contributed by atoms with E-state index >= 15 is 0 Å². The van der Waals surface area contributed by atoms with Crippen LogP contribution in [0, 0.1) is 0 Å². The molecule has 7 heavy (non-hydrogen) atoms. The molecule has 0 spiro atoms. The summed E-state index contributed by atoms with van der Waals surface area (Å²) in [5.74, 6) is 0. The van der Waals surface area contributed by atoms with E-state index in [1.807, 2.05) is 0 Å². The Morgan fingerprint density at radius 1 is 1.29 bits per heavy atom. The van der Waals surface area contributed by atoms with Crippen molar-refractivity contribution in [2.75, 3.05) is 0 Å². The van der Waals surface area contributed by atoms with Crippen LogP contribution in [0.4, 0.5) is 0 Å². The quantitative estimate of drug-likeness (QED) is 0.344. The SMILES string of the molecule is NC1CCCC1.[H-].[Li+]. The first-order valence-electron chi connectivity index (χ1n) is 2.65. The van der Waals surface area contributed by atoms with Gasteiger partial charge in [0.2, 0.25) is 0 Å². The molecule has 0 atom stereocenters. The van der Waals surface area contributed by atoms with Crippen LogP contribution >= 0.6 is 0 Å². The summed E-state index contributed by atoms with van der Waals surface area (Å²) in [5.41, 5.74) is 5.53. The normalized spacial score (nSPS) is 21.9. The molecular formula is C5H12LiN. The molecule has 0 unspecified atom stereocenters. The minimum atomic E-state index is 0. The Labute approximate surface area is 58.3 Å². The molecule has 1 rings (SSSR count). The summed E-state index contributed by atoms with van der Waals surface area (Å²) >= 11 is 0. The zero-order valence-corrected chi connectivity index (χ0v) is 4.98. The molecule has 0 radical (unpaired) electrons. The molecule has 0 aromatic heterocycles. The van der Waals surface area contributed by atoms with Crippen molar-refractivity contribution in [3.63, 3.8) is 0 Å². The molecule has 1 aliphatic carbocycles. The first-order chi connectivity index (χ1) is 2.89. The second kappa shape index (κ2) is 3.55. The molecule has 0 amide bonds.